The number of aromatic amines is 4. The molecule has 37 heavy (non-hydrogen) atoms. The molecule has 0 radical (unpaired) electrons. The lowest BCUT2D eigenvalue weighted by Gasteiger charge is -2.17. The molecule has 0 saturated carbocycles. The number of para-hydroxylation sites is 1. The van der Waals surface area contributed by atoms with Crippen molar-refractivity contribution in [1.82, 2.24) is 25.0 Å². The molecule has 0 atom stereocenters. The minimum Gasteiger partial charge on any atom is -0.350 e. The lowest BCUT2D eigenvalue weighted by atomic mass is 9.83. The van der Waals surface area contributed by atoms with Crippen LogP contribution in [0.5, 0.6) is 0 Å². The summed E-state index contributed by atoms with van der Waals surface area (Å²) < 4.78 is 2.04. The first-order valence-electron chi connectivity index (χ1n) is 12.2. The second-order valence-electron chi connectivity index (χ2n) is 9.61. The van der Waals surface area contributed by atoms with Crippen LogP contribution in [0, 0.1) is 13.8 Å². The molecule has 6 aromatic rings. The lowest BCUT2D eigenvalue weighted by Crippen LogP contribution is -2.20. The second-order valence-corrected chi connectivity index (χ2v) is 9.61. The molecule has 0 aliphatic heterocycles. The Hall–Kier alpha value is -4.78. The molecule has 7 heteroatoms. The number of hydrogen-bond acceptors (Lipinski definition) is 2. The average Bonchev–Trinajstić information content (AvgIpc) is 3.57. The molecule has 0 unspecified atom stereocenters. The van der Waals surface area contributed by atoms with E-state index in [4.69, 9.17) is 0 Å². The summed E-state index contributed by atoms with van der Waals surface area (Å²) in [6.45, 7) is 4.05. The Bertz CT molecular complexity index is 1750. The van der Waals surface area contributed by atoms with Gasteiger partial charge in [0.2, 0.25) is 0 Å². The van der Waals surface area contributed by atoms with E-state index in [2.05, 4.69) is 20.4 Å². The van der Waals surface area contributed by atoms with E-state index >= 15 is 0 Å². The molecule has 3 heterocycles. The molecule has 0 amide bonds. The Morgan fingerprint density at radius 2 is 1.14 bits per heavy atom. The number of hydrogen-bond donors (Lipinski definition) is 4. The Balaban J connectivity index is 1.69. The topological polar surface area (TPSA) is 102 Å². The number of nitrogens with zero attached hydrogens (tertiary/aromatic N) is 1. The van der Waals surface area contributed by atoms with E-state index in [1.165, 1.54) is 0 Å². The highest BCUT2D eigenvalue weighted by Gasteiger charge is 2.33. The molecular formula is C30H27N5O2. The molecule has 7 nitrogen and oxygen atoms in total. The van der Waals surface area contributed by atoms with Crippen LogP contribution in [0.1, 0.15) is 33.7 Å². The van der Waals surface area contributed by atoms with Crippen LogP contribution < -0.4 is 11.1 Å². The van der Waals surface area contributed by atoms with Crippen LogP contribution in [0.25, 0.3) is 33.4 Å². The summed E-state index contributed by atoms with van der Waals surface area (Å²) in [5.41, 5.74) is 7.70. The highest BCUT2D eigenvalue weighted by Crippen LogP contribution is 2.40. The molecule has 0 saturated heterocycles. The van der Waals surface area contributed by atoms with Crippen molar-refractivity contribution in [2.75, 3.05) is 0 Å². The molecule has 3 aromatic heterocycles. The van der Waals surface area contributed by atoms with Crippen molar-refractivity contribution >= 4 is 10.9 Å². The van der Waals surface area contributed by atoms with Gasteiger partial charge in [-0.3, -0.25) is 30.0 Å². The maximum absolute atomic E-state index is 13.5. The van der Waals surface area contributed by atoms with E-state index in [0.717, 1.165) is 38.7 Å². The SMILES string of the molecule is Cc1ccc(-c2[nH][nH]c(=O)c2C(c2c(-c3ccc(C)cc3)[nH][nH]c2=O)c2cn(C)c3ccccc23)cc1. The van der Waals surface area contributed by atoms with E-state index in [0.29, 0.717) is 22.5 Å². The number of nitrogens with one attached hydrogen (secondary N) is 4. The fraction of sp³-hybridized carbons (Fsp3) is 0.133. The van der Waals surface area contributed by atoms with Gasteiger partial charge in [0.1, 0.15) is 0 Å². The van der Waals surface area contributed by atoms with Crippen LogP contribution in [-0.4, -0.2) is 25.0 Å². The summed E-state index contributed by atoms with van der Waals surface area (Å²) in [6.07, 6.45) is 2.02. The molecule has 3 aromatic carbocycles. The van der Waals surface area contributed by atoms with E-state index < -0.39 is 5.92 Å². The van der Waals surface area contributed by atoms with Gasteiger partial charge >= 0.3 is 0 Å². The Labute approximate surface area is 212 Å². The number of aromatic nitrogens is 5. The van der Waals surface area contributed by atoms with Crippen LogP contribution in [0.2, 0.25) is 0 Å². The van der Waals surface area contributed by atoms with Gasteiger partial charge in [-0.05, 0) is 36.6 Å². The summed E-state index contributed by atoms with van der Waals surface area (Å²) in [6, 6.07) is 24.0. The van der Waals surface area contributed by atoms with Gasteiger partial charge < -0.3 is 4.57 Å². The van der Waals surface area contributed by atoms with Gasteiger partial charge in [0.05, 0.1) is 28.4 Å². The fourth-order valence-corrected chi connectivity index (χ4v) is 5.24. The van der Waals surface area contributed by atoms with Crippen molar-refractivity contribution in [3.63, 3.8) is 0 Å². The van der Waals surface area contributed by atoms with Crippen molar-refractivity contribution in [1.29, 1.82) is 0 Å². The molecule has 6 rings (SSSR count). The van der Waals surface area contributed by atoms with Gasteiger partial charge in [0.15, 0.2) is 0 Å². The zero-order valence-electron chi connectivity index (χ0n) is 20.8. The minimum absolute atomic E-state index is 0.260. The predicted octanol–water partition coefficient (Wildman–Crippen LogP) is 5.34. The van der Waals surface area contributed by atoms with Gasteiger partial charge in [-0.15, -0.1) is 0 Å². The van der Waals surface area contributed by atoms with Crippen LogP contribution in [0.15, 0.2) is 88.6 Å². The monoisotopic (exact) mass is 489 g/mol. The molecule has 4 N–H and O–H groups in total. The first kappa shape index (κ1) is 22.7. The smallest absolute Gasteiger partial charge is 0.268 e. The molecule has 0 aliphatic carbocycles. The summed E-state index contributed by atoms with van der Waals surface area (Å²) in [5.74, 6) is -0.635. The third-order valence-corrected chi connectivity index (χ3v) is 7.13. The fourth-order valence-electron chi connectivity index (χ4n) is 5.24. The third-order valence-electron chi connectivity index (χ3n) is 7.13. The van der Waals surface area contributed by atoms with E-state index in [1.807, 2.05) is 104 Å². The van der Waals surface area contributed by atoms with Crippen LogP contribution in [0.4, 0.5) is 0 Å². The van der Waals surface area contributed by atoms with Crippen LogP contribution >= 0.6 is 0 Å². The van der Waals surface area contributed by atoms with E-state index in [-0.39, 0.29) is 11.1 Å². The molecule has 0 spiro atoms. The second kappa shape index (κ2) is 8.71. The molecule has 0 fully saturated rings. The van der Waals surface area contributed by atoms with Gasteiger partial charge in [0, 0.05) is 24.1 Å². The lowest BCUT2D eigenvalue weighted by molar-refractivity contribution is 0.919. The molecule has 184 valence electrons. The molecule has 0 aliphatic rings. The van der Waals surface area contributed by atoms with E-state index in [1.54, 1.807) is 0 Å². The maximum Gasteiger partial charge on any atom is 0.268 e. The van der Waals surface area contributed by atoms with Gasteiger partial charge in [-0.1, -0.05) is 77.9 Å². The van der Waals surface area contributed by atoms with Crippen molar-refractivity contribution in [3.05, 3.63) is 128 Å². The third kappa shape index (κ3) is 3.76. The predicted molar refractivity (Wildman–Crippen MR) is 147 cm³/mol. The number of benzene rings is 3. The highest BCUT2D eigenvalue weighted by atomic mass is 16.1. The summed E-state index contributed by atoms with van der Waals surface area (Å²) in [4.78, 5) is 27.0. The first-order valence-corrected chi connectivity index (χ1v) is 12.2. The zero-order valence-corrected chi connectivity index (χ0v) is 20.8. The van der Waals surface area contributed by atoms with Gasteiger partial charge in [-0.2, -0.15) is 0 Å². The van der Waals surface area contributed by atoms with Crippen molar-refractivity contribution in [2.24, 2.45) is 7.05 Å². The Kier molecular flexibility index (Phi) is 5.34. The summed E-state index contributed by atoms with van der Waals surface area (Å²) in [7, 11) is 1.98. The summed E-state index contributed by atoms with van der Waals surface area (Å²) >= 11 is 0. The highest BCUT2D eigenvalue weighted by molar-refractivity contribution is 5.87. The first-order chi connectivity index (χ1) is 17.9. The zero-order chi connectivity index (χ0) is 25.7. The van der Waals surface area contributed by atoms with Crippen molar-refractivity contribution in [2.45, 2.75) is 19.8 Å². The van der Waals surface area contributed by atoms with Crippen LogP contribution in [0.3, 0.4) is 0 Å². The van der Waals surface area contributed by atoms with Crippen molar-refractivity contribution in [3.8, 4) is 22.5 Å². The number of H-pyrrole nitrogens is 4. The quantitative estimate of drug-likeness (QED) is 0.263. The average molecular weight is 490 g/mol. The number of aryl methyl sites for hydroxylation is 3. The normalized spacial score (nSPS) is 11.6. The number of rotatable bonds is 5. The summed E-state index contributed by atoms with van der Waals surface area (Å²) in [5, 5.41) is 12.8. The maximum atomic E-state index is 13.5. The Morgan fingerprint density at radius 3 is 1.65 bits per heavy atom. The minimum atomic E-state index is -0.635. The standard InChI is InChI=1S/C30H27N5O2/c1-17-8-12-19(13-9-17)27-25(29(36)33-31-27)24(22-16-35(3)23-7-5-4-6-21(22)23)26-28(32-34-30(26)37)20-14-10-18(2)11-15-20/h4-16,24H,1-3H3,(H2,31,33,36)(H2,32,34,37). The van der Waals surface area contributed by atoms with Crippen LogP contribution in [-0.2, 0) is 7.05 Å². The Morgan fingerprint density at radius 1 is 0.649 bits per heavy atom. The molecular weight excluding hydrogens is 462 g/mol. The molecule has 0 bridgehead atoms. The van der Waals surface area contributed by atoms with Gasteiger partial charge in [0.25, 0.3) is 11.1 Å². The van der Waals surface area contributed by atoms with Gasteiger partial charge in [-0.25, -0.2) is 0 Å². The largest absolute Gasteiger partial charge is 0.350 e. The van der Waals surface area contributed by atoms with E-state index in [9.17, 15) is 9.59 Å². The number of fused-ring (bicyclic) bond motifs is 1. The van der Waals surface area contributed by atoms with Crippen molar-refractivity contribution < 1.29 is 0 Å².